The first-order chi connectivity index (χ1) is 20.2. The van der Waals surface area contributed by atoms with Gasteiger partial charge in [-0.2, -0.15) is 4.98 Å². The van der Waals surface area contributed by atoms with Crippen LogP contribution in [0, 0.1) is 0 Å². The molecule has 11 heteroatoms. The van der Waals surface area contributed by atoms with Gasteiger partial charge in [0.1, 0.15) is 23.4 Å². The molecule has 1 unspecified atom stereocenters. The predicted molar refractivity (Wildman–Crippen MR) is 165 cm³/mol. The maximum atomic E-state index is 13.5. The van der Waals surface area contributed by atoms with Crippen LogP contribution in [0.4, 0.5) is 17.5 Å². The maximum absolute atomic E-state index is 13.5. The second kappa shape index (κ2) is 12.3. The molecule has 5 N–H and O–H groups in total. The molecule has 3 aromatic carbocycles. The third kappa shape index (κ3) is 6.69. The second-order valence-electron chi connectivity index (χ2n) is 10.7. The number of carbonyl (C=O) groups excluding carboxylic acids is 2. The van der Waals surface area contributed by atoms with Gasteiger partial charge in [0.15, 0.2) is 0 Å². The lowest BCUT2D eigenvalue weighted by atomic mass is 10.0. The van der Waals surface area contributed by atoms with Crippen molar-refractivity contribution in [2.45, 2.75) is 12.5 Å². The zero-order chi connectivity index (χ0) is 29.8. The highest BCUT2D eigenvalue weighted by molar-refractivity contribution is 6.02. The van der Waals surface area contributed by atoms with Gasteiger partial charge in [-0.3, -0.25) is 9.59 Å². The number of amides is 2. The second-order valence-corrected chi connectivity index (χ2v) is 10.7. The summed E-state index contributed by atoms with van der Waals surface area (Å²) in [6.07, 6.45) is 0.271. The summed E-state index contributed by atoms with van der Waals surface area (Å²) in [7, 11) is 5.42. The van der Waals surface area contributed by atoms with Gasteiger partial charge in [-0.1, -0.05) is 18.2 Å². The van der Waals surface area contributed by atoms with Crippen molar-refractivity contribution in [1.29, 1.82) is 0 Å². The number of benzene rings is 3. The molecule has 1 saturated heterocycles. The van der Waals surface area contributed by atoms with Gasteiger partial charge < -0.3 is 36.2 Å². The number of nitrogens with one attached hydrogen (secondary N) is 1. The fourth-order valence-corrected chi connectivity index (χ4v) is 4.97. The van der Waals surface area contributed by atoms with Gasteiger partial charge in [0, 0.05) is 69.4 Å². The van der Waals surface area contributed by atoms with Crippen LogP contribution in [0.3, 0.4) is 0 Å². The molecule has 0 aliphatic carbocycles. The van der Waals surface area contributed by atoms with E-state index in [1.165, 1.54) is 4.90 Å². The topological polar surface area (TPSA) is 143 Å². The molecule has 1 aliphatic heterocycles. The van der Waals surface area contributed by atoms with Crippen molar-refractivity contribution >= 4 is 40.2 Å². The highest BCUT2D eigenvalue weighted by Gasteiger charge is 2.25. The number of carbonyl (C=O) groups is 2. The molecule has 0 radical (unpaired) electrons. The van der Waals surface area contributed by atoms with Gasteiger partial charge in [0.05, 0.1) is 5.52 Å². The Morgan fingerprint density at radius 2 is 1.67 bits per heavy atom. The molecule has 1 aliphatic rings. The SMILES string of the molecule is CN1CCN(c2nc(N)nc3cc(C(=O)NC(Cc4cccc(Oc5cccc(N)c5)c4)C(=O)N(C)C)ccc23)CC1. The standard InChI is InChI=1S/C31H36N8O3/c1-37(2)30(41)27(17-20-6-4-8-23(16-20)42-24-9-5-7-22(32)19-24)34-29(40)21-10-11-25-26(18-21)35-31(33)36-28(25)39-14-12-38(3)13-15-39/h4-11,16,18-19,27H,12-15,17,32H2,1-3H3,(H,34,40)(H2,33,35,36). The highest BCUT2D eigenvalue weighted by Crippen LogP contribution is 2.27. The highest BCUT2D eigenvalue weighted by atomic mass is 16.5. The molecule has 5 rings (SSSR count). The van der Waals surface area contributed by atoms with E-state index in [1.807, 2.05) is 42.5 Å². The van der Waals surface area contributed by atoms with Gasteiger partial charge in [-0.15, -0.1) is 0 Å². The van der Waals surface area contributed by atoms with Crippen molar-refractivity contribution < 1.29 is 14.3 Å². The fraction of sp³-hybridized carbons (Fsp3) is 0.290. The summed E-state index contributed by atoms with van der Waals surface area (Å²) >= 11 is 0. The minimum Gasteiger partial charge on any atom is -0.457 e. The lowest BCUT2D eigenvalue weighted by Gasteiger charge is -2.33. The van der Waals surface area contributed by atoms with Crippen LogP contribution in [0.25, 0.3) is 10.9 Å². The average molecular weight is 569 g/mol. The van der Waals surface area contributed by atoms with E-state index < -0.39 is 6.04 Å². The first-order valence-corrected chi connectivity index (χ1v) is 13.8. The van der Waals surface area contributed by atoms with Crippen molar-refractivity contribution in [3.8, 4) is 11.5 Å². The molecular weight excluding hydrogens is 532 g/mol. The Labute approximate surface area is 245 Å². The number of nitrogens with zero attached hydrogens (tertiary/aromatic N) is 5. The summed E-state index contributed by atoms with van der Waals surface area (Å²) in [5.41, 5.74) is 14.3. The molecular formula is C31H36N8O3. The third-order valence-electron chi connectivity index (χ3n) is 7.24. The molecule has 1 fully saturated rings. The van der Waals surface area contributed by atoms with Crippen LogP contribution in [-0.2, 0) is 11.2 Å². The number of likely N-dealkylation sites (N-methyl/N-ethyl adjacent to an activating group) is 2. The largest absolute Gasteiger partial charge is 0.457 e. The summed E-state index contributed by atoms with van der Waals surface area (Å²) in [6, 6.07) is 19.0. The Hall–Kier alpha value is -4.90. The number of piperazine rings is 1. The monoisotopic (exact) mass is 568 g/mol. The van der Waals surface area contributed by atoms with Gasteiger partial charge in [0.2, 0.25) is 11.9 Å². The van der Waals surface area contributed by atoms with Crippen LogP contribution in [0.5, 0.6) is 11.5 Å². The minimum absolute atomic E-state index is 0.148. The van der Waals surface area contributed by atoms with Crippen molar-refractivity contribution in [1.82, 2.24) is 25.1 Å². The molecule has 218 valence electrons. The van der Waals surface area contributed by atoms with E-state index in [2.05, 4.69) is 32.1 Å². The van der Waals surface area contributed by atoms with E-state index >= 15 is 0 Å². The first kappa shape index (κ1) is 28.6. The Balaban J connectivity index is 1.36. The molecule has 0 bridgehead atoms. The minimum atomic E-state index is -0.804. The van der Waals surface area contributed by atoms with Gasteiger partial charge in [0.25, 0.3) is 5.91 Å². The van der Waals surface area contributed by atoms with E-state index in [-0.39, 0.29) is 24.2 Å². The number of hydrogen-bond donors (Lipinski definition) is 3. The van der Waals surface area contributed by atoms with Crippen LogP contribution >= 0.6 is 0 Å². The van der Waals surface area contributed by atoms with E-state index in [9.17, 15) is 9.59 Å². The van der Waals surface area contributed by atoms with E-state index in [1.54, 1.807) is 38.4 Å². The lowest BCUT2D eigenvalue weighted by Crippen LogP contribution is -2.47. The van der Waals surface area contributed by atoms with Gasteiger partial charge >= 0.3 is 0 Å². The van der Waals surface area contributed by atoms with Crippen LogP contribution < -0.4 is 26.4 Å². The Morgan fingerprint density at radius 3 is 2.38 bits per heavy atom. The molecule has 0 spiro atoms. The normalized spacial score (nSPS) is 14.4. The van der Waals surface area contributed by atoms with Crippen molar-refractivity contribution in [3.05, 3.63) is 77.9 Å². The van der Waals surface area contributed by atoms with Crippen molar-refractivity contribution in [2.24, 2.45) is 0 Å². The van der Waals surface area contributed by atoms with Crippen LogP contribution in [0.1, 0.15) is 15.9 Å². The molecule has 0 saturated carbocycles. The predicted octanol–water partition coefficient (Wildman–Crippen LogP) is 2.77. The number of rotatable bonds is 8. The summed E-state index contributed by atoms with van der Waals surface area (Å²) in [6.45, 7) is 3.49. The van der Waals surface area contributed by atoms with Crippen LogP contribution in [-0.4, -0.2) is 84.9 Å². The third-order valence-corrected chi connectivity index (χ3v) is 7.24. The molecule has 1 atom stereocenters. The summed E-state index contributed by atoms with van der Waals surface area (Å²) in [5, 5.41) is 3.75. The first-order valence-electron chi connectivity index (χ1n) is 13.8. The van der Waals surface area contributed by atoms with Gasteiger partial charge in [-0.05, 0) is 55.1 Å². The quantitative estimate of drug-likeness (QED) is 0.273. The maximum Gasteiger partial charge on any atom is 0.252 e. The summed E-state index contributed by atoms with van der Waals surface area (Å²) < 4.78 is 5.96. The van der Waals surface area contributed by atoms with Crippen LogP contribution in [0.2, 0.25) is 0 Å². The lowest BCUT2D eigenvalue weighted by molar-refractivity contribution is -0.130. The fourth-order valence-electron chi connectivity index (χ4n) is 4.97. The van der Waals surface area contributed by atoms with Crippen molar-refractivity contribution in [2.75, 3.05) is 63.7 Å². The zero-order valence-corrected chi connectivity index (χ0v) is 24.1. The molecule has 42 heavy (non-hydrogen) atoms. The Kier molecular flexibility index (Phi) is 8.39. The zero-order valence-electron chi connectivity index (χ0n) is 24.1. The number of aromatic nitrogens is 2. The number of nitrogens with two attached hydrogens (primary N) is 2. The summed E-state index contributed by atoms with van der Waals surface area (Å²) in [4.78, 5) is 41.4. The average Bonchev–Trinajstić information content (AvgIpc) is 2.96. The number of fused-ring (bicyclic) bond motifs is 1. The Morgan fingerprint density at radius 1 is 0.952 bits per heavy atom. The van der Waals surface area contributed by atoms with E-state index in [4.69, 9.17) is 16.2 Å². The molecule has 2 heterocycles. The van der Waals surface area contributed by atoms with Crippen LogP contribution in [0.15, 0.2) is 66.7 Å². The smallest absolute Gasteiger partial charge is 0.252 e. The Bertz CT molecular complexity index is 1600. The molecule has 2 amide bonds. The van der Waals surface area contributed by atoms with Gasteiger partial charge in [-0.25, -0.2) is 4.98 Å². The number of hydrogen-bond acceptors (Lipinski definition) is 9. The molecule has 4 aromatic rings. The molecule has 11 nitrogen and oxygen atoms in total. The number of ether oxygens (including phenoxy) is 1. The number of anilines is 3. The van der Waals surface area contributed by atoms with Crippen molar-refractivity contribution in [3.63, 3.8) is 0 Å². The van der Waals surface area contributed by atoms with E-state index in [0.29, 0.717) is 28.3 Å². The summed E-state index contributed by atoms with van der Waals surface area (Å²) in [5.74, 6) is 1.51. The number of nitrogen functional groups attached to an aromatic ring is 2. The van der Waals surface area contributed by atoms with E-state index in [0.717, 1.165) is 42.9 Å². The molecule has 1 aromatic heterocycles.